The third kappa shape index (κ3) is 3.57. The summed E-state index contributed by atoms with van der Waals surface area (Å²) < 4.78 is 127. The first-order valence-corrected chi connectivity index (χ1v) is 9.07. The molecule has 34 heavy (non-hydrogen) atoms. The molecule has 0 unspecified atom stereocenters. The highest BCUT2D eigenvalue weighted by Gasteiger charge is 2.59. The Hall–Kier alpha value is -2.62. The van der Waals surface area contributed by atoms with Crippen LogP contribution in [0.3, 0.4) is 0 Å². The largest absolute Gasteiger partial charge is 0.455 e. The molecule has 3 rings (SSSR count). The van der Waals surface area contributed by atoms with Crippen LogP contribution in [0, 0.1) is 0 Å². The van der Waals surface area contributed by atoms with E-state index < -0.39 is 100 Å². The average molecular weight is 549 g/mol. The first kappa shape index (κ1) is 26.0. The molecule has 186 valence electrons. The zero-order valence-electron chi connectivity index (χ0n) is 15.5. The van der Waals surface area contributed by atoms with Crippen LogP contribution in [0.5, 0.6) is 0 Å². The minimum atomic E-state index is -6.20. The van der Waals surface area contributed by atoms with Gasteiger partial charge in [0.15, 0.2) is 0 Å². The molecule has 18 heteroatoms. The molecule has 3 aromatic rings. The van der Waals surface area contributed by atoms with Crippen LogP contribution in [0.25, 0.3) is 21.5 Å². The van der Waals surface area contributed by atoms with Crippen molar-refractivity contribution in [2.75, 3.05) is 0 Å². The lowest BCUT2D eigenvalue weighted by Gasteiger charge is -2.19. The van der Waals surface area contributed by atoms with Gasteiger partial charge in [-0.3, -0.25) is 28.3 Å². The molecule has 0 saturated carbocycles. The van der Waals surface area contributed by atoms with Crippen LogP contribution in [0.2, 0.25) is 10.0 Å². The smallest absolute Gasteiger partial charge is 0.269 e. The van der Waals surface area contributed by atoms with Crippen molar-refractivity contribution < 1.29 is 43.9 Å². The van der Waals surface area contributed by atoms with Crippen LogP contribution in [0.1, 0.15) is 0 Å². The molecular weight excluding hydrogens is 545 g/mol. The molecule has 2 aromatic heterocycles. The second-order valence-corrected chi connectivity index (χ2v) is 7.68. The normalized spacial score (nSPS) is 14.0. The molecule has 0 aliphatic carbocycles. The number of fused-ring (bicyclic) bond motifs is 2. The fraction of sp³-hybridized carbons (Fsp3) is 0.375. The summed E-state index contributed by atoms with van der Waals surface area (Å²) in [7, 11) is 0. The maximum atomic E-state index is 13.4. The van der Waals surface area contributed by atoms with Crippen LogP contribution in [0.15, 0.2) is 19.2 Å². The van der Waals surface area contributed by atoms with Gasteiger partial charge >= 0.3 is 24.2 Å². The third-order valence-electron chi connectivity index (χ3n) is 4.76. The Kier molecular flexibility index (Phi) is 5.69. The number of rotatable bonds is 4. The molecule has 2 heterocycles. The van der Waals surface area contributed by atoms with E-state index in [1.54, 1.807) is 0 Å². The van der Waals surface area contributed by atoms with Crippen molar-refractivity contribution >= 4 is 44.7 Å². The standard InChI is InChI=1S/C16H4Cl2F10N2O4/c17-7-3-4(10(32)29(9(3)31)1-13(19,20)15(23,24)25)8(18)6-5(7)11(33)30(12(6)34)2-14(21,22)16(26,27)28/h1-2H2. The lowest BCUT2D eigenvalue weighted by molar-refractivity contribution is -0.287. The maximum Gasteiger partial charge on any atom is 0.455 e. The van der Waals surface area contributed by atoms with Gasteiger partial charge < -0.3 is 0 Å². The maximum absolute atomic E-state index is 13.4. The molecule has 0 radical (unpaired) electrons. The number of hydrogen-bond donors (Lipinski definition) is 0. The predicted octanol–water partition coefficient (Wildman–Crippen LogP) is 3.61. The zero-order valence-corrected chi connectivity index (χ0v) is 17.0. The van der Waals surface area contributed by atoms with E-state index in [1.165, 1.54) is 0 Å². The molecule has 0 fully saturated rings. The van der Waals surface area contributed by atoms with E-state index in [0.717, 1.165) is 0 Å². The molecule has 0 atom stereocenters. The van der Waals surface area contributed by atoms with Crippen LogP contribution in [0.4, 0.5) is 43.9 Å². The molecule has 0 bridgehead atoms. The van der Waals surface area contributed by atoms with Crippen LogP contribution in [-0.2, 0) is 13.1 Å². The van der Waals surface area contributed by atoms with Gasteiger partial charge in [-0.15, -0.1) is 0 Å². The molecule has 0 saturated heterocycles. The minimum absolute atomic E-state index is 0.615. The second kappa shape index (κ2) is 7.44. The number of halogens is 12. The van der Waals surface area contributed by atoms with Crippen molar-refractivity contribution in [1.29, 1.82) is 0 Å². The number of nitrogens with zero attached hydrogens (tertiary/aromatic N) is 2. The van der Waals surface area contributed by atoms with Crippen molar-refractivity contribution in [2.45, 2.75) is 37.3 Å². The summed E-state index contributed by atoms with van der Waals surface area (Å²) >= 11 is 11.5. The quantitative estimate of drug-likeness (QED) is 0.467. The summed E-state index contributed by atoms with van der Waals surface area (Å²) in [6, 6.07) is 0. The van der Waals surface area contributed by atoms with E-state index in [9.17, 15) is 63.1 Å². The van der Waals surface area contributed by atoms with Crippen molar-refractivity contribution in [2.24, 2.45) is 0 Å². The highest BCUT2D eigenvalue weighted by molar-refractivity contribution is 6.47. The highest BCUT2D eigenvalue weighted by atomic mass is 35.5. The molecule has 1 aromatic carbocycles. The second-order valence-electron chi connectivity index (χ2n) is 6.93. The Morgan fingerprint density at radius 2 is 0.706 bits per heavy atom. The predicted molar refractivity (Wildman–Crippen MR) is 96.9 cm³/mol. The highest BCUT2D eigenvalue weighted by Crippen LogP contribution is 2.39. The molecule has 0 aliphatic heterocycles. The van der Waals surface area contributed by atoms with Gasteiger partial charge in [-0.05, 0) is 0 Å². The monoisotopic (exact) mass is 548 g/mol. The summed E-state index contributed by atoms with van der Waals surface area (Å²) in [6.45, 7) is -5.07. The SMILES string of the molecule is O=c1c2c(Cl)c3c(=O)n(CC(F)(F)C(F)(F)F)c(=O)c3c(Cl)c2c(=O)n1CC(F)(F)C(F)(F)F. The van der Waals surface area contributed by atoms with Gasteiger partial charge in [0.1, 0.15) is 13.1 Å². The van der Waals surface area contributed by atoms with Crippen molar-refractivity contribution in [3.63, 3.8) is 0 Å². The molecular formula is C16H4Cl2F10N2O4. The first-order valence-electron chi connectivity index (χ1n) is 8.32. The zero-order chi connectivity index (χ0) is 26.3. The molecule has 0 aliphatic rings. The van der Waals surface area contributed by atoms with E-state index in [4.69, 9.17) is 23.2 Å². The number of aromatic nitrogens is 2. The Morgan fingerprint density at radius 3 is 0.882 bits per heavy atom. The summed E-state index contributed by atoms with van der Waals surface area (Å²) in [4.78, 5) is 49.6. The van der Waals surface area contributed by atoms with Gasteiger partial charge in [0.25, 0.3) is 22.2 Å². The van der Waals surface area contributed by atoms with Crippen LogP contribution >= 0.6 is 23.2 Å². The van der Waals surface area contributed by atoms with Crippen LogP contribution in [-0.4, -0.2) is 33.3 Å². The average Bonchev–Trinajstić information content (AvgIpc) is 3.04. The summed E-state index contributed by atoms with van der Waals surface area (Å²) in [6.07, 6.45) is -12.4. The van der Waals surface area contributed by atoms with E-state index in [1.807, 2.05) is 0 Å². The first-order chi connectivity index (χ1) is 15.2. The molecule has 6 nitrogen and oxygen atoms in total. The van der Waals surface area contributed by atoms with Crippen LogP contribution < -0.4 is 22.2 Å². The lowest BCUT2D eigenvalue weighted by atomic mass is 10.1. The van der Waals surface area contributed by atoms with Gasteiger partial charge in [0, 0.05) is 0 Å². The summed E-state index contributed by atoms with van der Waals surface area (Å²) in [5, 5.41) is -7.31. The van der Waals surface area contributed by atoms with E-state index in [-0.39, 0.29) is 0 Å². The van der Waals surface area contributed by atoms with Gasteiger partial charge in [-0.1, -0.05) is 23.2 Å². The summed E-state index contributed by atoms with van der Waals surface area (Å²) in [5.74, 6) is -11.2. The fourth-order valence-corrected chi connectivity index (χ4v) is 3.78. The van der Waals surface area contributed by atoms with E-state index in [2.05, 4.69) is 0 Å². The van der Waals surface area contributed by atoms with Gasteiger partial charge in [-0.2, -0.15) is 43.9 Å². The minimum Gasteiger partial charge on any atom is -0.269 e. The Bertz CT molecular complexity index is 1340. The molecule has 0 spiro atoms. The van der Waals surface area contributed by atoms with Gasteiger partial charge in [-0.25, -0.2) is 0 Å². The number of hydrogen-bond acceptors (Lipinski definition) is 4. The van der Waals surface area contributed by atoms with Crippen molar-refractivity contribution in [1.82, 2.24) is 9.13 Å². The van der Waals surface area contributed by atoms with E-state index >= 15 is 0 Å². The summed E-state index contributed by atoms with van der Waals surface area (Å²) in [5.41, 5.74) is -7.62. The Labute approximate surface area is 187 Å². The number of alkyl halides is 10. The van der Waals surface area contributed by atoms with Gasteiger partial charge in [0.05, 0.1) is 31.6 Å². The molecule has 0 N–H and O–H groups in total. The fourth-order valence-electron chi connectivity index (χ4n) is 3.08. The van der Waals surface area contributed by atoms with Crippen molar-refractivity contribution in [3.8, 4) is 0 Å². The molecule has 0 amide bonds. The van der Waals surface area contributed by atoms with E-state index in [0.29, 0.717) is 0 Å². The third-order valence-corrected chi connectivity index (χ3v) is 5.51. The van der Waals surface area contributed by atoms with Gasteiger partial charge in [0.2, 0.25) is 0 Å². The van der Waals surface area contributed by atoms with Crippen molar-refractivity contribution in [3.05, 3.63) is 51.5 Å². The number of benzene rings is 1. The lowest BCUT2D eigenvalue weighted by Crippen LogP contribution is -2.44. The Morgan fingerprint density at radius 1 is 0.500 bits per heavy atom. The topological polar surface area (TPSA) is 78.1 Å². The Balaban J connectivity index is 2.40.